The van der Waals surface area contributed by atoms with Crippen LogP contribution in [0.1, 0.15) is 38.7 Å². The van der Waals surface area contributed by atoms with E-state index in [1.165, 1.54) is 6.92 Å². The van der Waals surface area contributed by atoms with Gasteiger partial charge in [0.05, 0.1) is 5.25 Å². The molecular weight excluding hydrogens is 308 g/mol. The average Bonchev–Trinajstić information content (AvgIpc) is 2.75. The molecule has 108 valence electrons. The molecule has 19 heavy (non-hydrogen) atoms. The standard InChI is InChI=1S/C10H16N2O4S3/c1-3-12-8-4-6(2)18(13,14)10-7(8)5-9(17-10)19(11,15)16/h5-6,8,12H,3-4H2,1-2H3,(H2,11,15,16)/t6-,8-/m0/s1/i2D3,3D2. The van der Waals surface area contributed by atoms with Crippen LogP contribution in [0.3, 0.4) is 0 Å². The van der Waals surface area contributed by atoms with Crippen molar-refractivity contribution in [1.82, 2.24) is 5.32 Å². The maximum absolute atomic E-state index is 12.6. The second-order valence-corrected chi connectivity index (χ2v) is 9.24. The minimum absolute atomic E-state index is 0.0234. The molecular formula is C10H16N2O4S3. The Morgan fingerprint density at radius 3 is 2.89 bits per heavy atom. The average molecular weight is 329 g/mol. The van der Waals surface area contributed by atoms with Gasteiger partial charge < -0.3 is 5.32 Å². The molecule has 1 aliphatic heterocycles. The maximum atomic E-state index is 12.6. The van der Waals surface area contributed by atoms with E-state index in [2.05, 4.69) is 5.32 Å². The molecule has 2 atom stereocenters. The molecule has 0 saturated carbocycles. The van der Waals surface area contributed by atoms with Gasteiger partial charge in [0, 0.05) is 18.5 Å². The lowest BCUT2D eigenvalue weighted by molar-refractivity contribution is 0.477. The number of thiophene rings is 1. The molecule has 0 aliphatic carbocycles. The topological polar surface area (TPSA) is 106 Å². The SMILES string of the molecule is [2H]C([2H])(C)N[C@H]1C[C@H](C([2H])([2H])[2H])S(=O)(=O)c2sc(S(N)(=O)=O)cc21. The molecule has 0 aromatic carbocycles. The van der Waals surface area contributed by atoms with Crippen molar-refractivity contribution in [1.29, 1.82) is 0 Å². The molecule has 0 saturated heterocycles. The number of sulfone groups is 1. The van der Waals surface area contributed by atoms with Crippen molar-refractivity contribution >= 4 is 31.2 Å². The second kappa shape index (κ2) is 4.81. The Balaban J connectivity index is 2.69. The van der Waals surface area contributed by atoms with Crippen LogP contribution in [-0.4, -0.2) is 28.6 Å². The third kappa shape index (κ3) is 2.57. The summed E-state index contributed by atoms with van der Waals surface area (Å²) in [6, 6.07) is 0.0900. The fraction of sp³-hybridized carbons (Fsp3) is 0.600. The number of fused-ring (bicyclic) bond motifs is 1. The molecule has 9 heteroatoms. The van der Waals surface area contributed by atoms with Crippen molar-refractivity contribution in [3.05, 3.63) is 11.6 Å². The first kappa shape index (κ1) is 9.46. The fourth-order valence-corrected chi connectivity index (χ4v) is 6.05. The summed E-state index contributed by atoms with van der Waals surface area (Å²) in [5, 5.41) is 5.78. The molecule has 0 spiro atoms. The number of hydrogen-bond acceptors (Lipinski definition) is 6. The highest BCUT2D eigenvalue weighted by atomic mass is 32.3. The lowest BCUT2D eigenvalue weighted by Crippen LogP contribution is -2.33. The number of nitrogens with two attached hydrogens (primary N) is 1. The molecule has 0 amide bonds. The summed E-state index contributed by atoms with van der Waals surface area (Å²) in [7, 11) is -8.47. The van der Waals surface area contributed by atoms with E-state index in [0.717, 1.165) is 6.07 Å². The number of sulfonamides is 1. The molecule has 2 rings (SSSR count). The van der Waals surface area contributed by atoms with Crippen LogP contribution in [0, 0.1) is 0 Å². The Bertz CT molecular complexity index is 854. The van der Waals surface area contributed by atoms with Crippen LogP contribution >= 0.6 is 11.3 Å². The van der Waals surface area contributed by atoms with Crippen LogP contribution in [0.25, 0.3) is 0 Å². The first-order valence-corrected chi connectivity index (χ1v) is 9.12. The van der Waals surface area contributed by atoms with Gasteiger partial charge in [0.25, 0.3) is 0 Å². The van der Waals surface area contributed by atoms with E-state index in [1.54, 1.807) is 0 Å². The minimum Gasteiger partial charge on any atom is -0.310 e. The number of rotatable bonds is 3. The van der Waals surface area contributed by atoms with Crippen LogP contribution in [-0.2, 0) is 19.9 Å². The Kier molecular flexibility index (Phi) is 2.39. The van der Waals surface area contributed by atoms with Gasteiger partial charge in [-0.15, -0.1) is 11.3 Å². The maximum Gasteiger partial charge on any atom is 0.247 e. The quantitative estimate of drug-likeness (QED) is 0.845. The summed E-state index contributed by atoms with van der Waals surface area (Å²) < 4.78 is 85.0. The normalized spacial score (nSPS) is 31.4. The van der Waals surface area contributed by atoms with Crippen molar-refractivity contribution in [3.63, 3.8) is 0 Å². The number of primary sulfonamides is 1. The van der Waals surface area contributed by atoms with E-state index in [4.69, 9.17) is 12.0 Å². The molecule has 0 radical (unpaired) electrons. The summed E-state index contributed by atoms with van der Waals surface area (Å²) in [6.07, 6.45) is -0.403. The predicted octanol–water partition coefficient (Wildman–Crippen LogP) is 0.612. The highest BCUT2D eigenvalue weighted by Crippen LogP contribution is 2.42. The minimum atomic E-state index is -4.29. The summed E-state index contributed by atoms with van der Waals surface area (Å²) in [5.74, 6) is 0. The largest absolute Gasteiger partial charge is 0.310 e. The van der Waals surface area contributed by atoms with Gasteiger partial charge in [0.15, 0.2) is 9.84 Å². The summed E-state index contributed by atoms with van der Waals surface area (Å²) in [6.45, 7) is -3.57. The van der Waals surface area contributed by atoms with Crippen LogP contribution in [0.2, 0.25) is 0 Å². The van der Waals surface area contributed by atoms with Gasteiger partial charge in [-0.25, -0.2) is 22.0 Å². The van der Waals surface area contributed by atoms with Gasteiger partial charge in [0.2, 0.25) is 10.0 Å². The Morgan fingerprint density at radius 1 is 1.68 bits per heavy atom. The molecule has 1 aromatic heterocycles. The third-order valence-corrected chi connectivity index (χ3v) is 7.77. The monoisotopic (exact) mass is 329 g/mol. The molecule has 0 unspecified atom stereocenters. The summed E-state index contributed by atoms with van der Waals surface area (Å²) in [4.78, 5) is 0. The zero-order chi connectivity index (χ0) is 18.7. The van der Waals surface area contributed by atoms with Crippen LogP contribution in [0.5, 0.6) is 0 Å². The molecule has 1 aliphatic rings. The van der Waals surface area contributed by atoms with Crippen LogP contribution in [0.4, 0.5) is 0 Å². The predicted molar refractivity (Wildman–Crippen MR) is 73.4 cm³/mol. The first-order valence-electron chi connectivity index (χ1n) is 7.71. The zero-order valence-corrected chi connectivity index (χ0v) is 12.3. The highest BCUT2D eigenvalue weighted by Gasteiger charge is 2.39. The van der Waals surface area contributed by atoms with E-state index in [-0.39, 0.29) is 5.56 Å². The van der Waals surface area contributed by atoms with E-state index in [9.17, 15) is 16.8 Å². The van der Waals surface area contributed by atoms with Gasteiger partial charge in [-0.3, -0.25) is 0 Å². The van der Waals surface area contributed by atoms with Gasteiger partial charge in [-0.1, -0.05) is 6.92 Å². The van der Waals surface area contributed by atoms with E-state index in [1.807, 2.05) is 0 Å². The molecule has 6 nitrogen and oxygen atoms in total. The van der Waals surface area contributed by atoms with E-state index in [0.29, 0.717) is 11.3 Å². The molecule has 0 bridgehead atoms. The second-order valence-electron chi connectivity index (χ2n) is 4.07. The zero-order valence-electron chi connectivity index (χ0n) is 14.9. The van der Waals surface area contributed by atoms with E-state index >= 15 is 0 Å². The van der Waals surface area contributed by atoms with Crippen LogP contribution < -0.4 is 10.5 Å². The van der Waals surface area contributed by atoms with E-state index < -0.39 is 59.3 Å². The smallest absolute Gasteiger partial charge is 0.247 e. The lowest BCUT2D eigenvalue weighted by atomic mass is 10.1. The van der Waals surface area contributed by atoms with Gasteiger partial charge in [-0.2, -0.15) is 0 Å². The lowest BCUT2D eigenvalue weighted by Gasteiger charge is -2.27. The van der Waals surface area contributed by atoms with Crippen LogP contribution in [0.15, 0.2) is 14.5 Å². The van der Waals surface area contributed by atoms with Gasteiger partial charge in [-0.05, 0) is 25.8 Å². The summed E-state index contributed by atoms with van der Waals surface area (Å²) in [5.41, 5.74) is 0.0234. The van der Waals surface area contributed by atoms with Crippen molar-refractivity contribution in [2.45, 2.75) is 39.9 Å². The highest BCUT2D eigenvalue weighted by molar-refractivity contribution is 7.95. The fourth-order valence-electron chi connectivity index (χ4n) is 1.88. The van der Waals surface area contributed by atoms with Crippen molar-refractivity contribution in [2.75, 3.05) is 6.50 Å². The molecule has 0 fully saturated rings. The first-order chi connectivity index (χ1) is 10.5. The number of hydrogen-bond donors (Lipinski definition) is 2. The van der Waals surface area contributed by atoms with Crippen molar-refractivity contribution in [2.24, 2.45) is 5.14 Å². The van der Waals surface area contributed by atoms with Crippen molar-refractivity contribution < 1.29 is 23.7 Å². The summed E-state index contributed by atoms with van der Waals surface area (Å²) >= 11 is 0.385. The van der Waals surface area contributed by atoms with Gasteiger partial charge >= 0.3 is 0 Å². The Labute approximate surface area is 124 Å². The van der Waals surface area contributed by atoms with Crippen molar-refractivity contribution in [3.8, 4) is 0 Å². The molecule has 1 aromatic rings. The van der Waals surface area contributed by atoms with Gasteiger partial charge in [0.1, 0.15) is 8.42 Å². The number of nitrogens with one attached hydrogen (secondary N) is 1. The Morgan fingerprint density at radius 2 is 2.37 bits per heavy atom. The molecule has 2 heterocycles. The third-order valence-electron chi connectivity index (χ3n) is 2.76. The Hall–Kier alpha value is -0.480. The molecule has 3 N–H and O–H groups in total.